The Balaban J connectivity index is 1.45. The fourth-order valence-electron chi connectivity index (χ4n) is 4.36. The zero-order valence-corrected chi connectivity index (χ0v) is 16.2. The van der Waals surface area contributed by atoms with Crippen LogP contribution in [0.3, 0.4) is 0 Å². The van der Waals surface area contributed by atoms with E-state index in [-0.39, 0.29) is 17.9 Å². The van der Waals surface area contributed by atoms with E-state index < -0.39 is 0 Å². The van der Waals surface area contributed by atoms with Crippen molar-refractivity contribution in [3.8, 4) is 0 Å². The predicted molar refractivity (Wildman–Crippen MR) is 110 cm³/mol. The smallest absolute Gasteiger partial charge is 0.254 e. The molecule has 5 rings (SSSR count). The fraction of sp³-hybridized carbons (Fsp3) is 0.348. The molecule has 6 heteroatoms. The van der Waals surface area contributed by atoms with Gasteiger partial charge in [-0.2, -0.15) is 0 Å². The molecule has 3 aromatic rings. The first-order chi connectivity index (χ1) is 14.2. The molecule has 0 saturated carbocycles. The molecule has 29 heavy (non-hydrogen) atoms. The van der Waals surface area contributed by atoms with Gasteiger partial charge in [-0.05, 0) is 56.0 Å². The summed E-state index contributed by atoms with van der Waals surface area (Å²) in [6.07, 6.45) is 4.28. The Morgan fingerprint density at radius 3 is 2.76 bits per heavy atom. The number of amides is 2. The van der Waals surface area contributed by atoms with Gasteiger partial charge >= 0.3 is 0 Å². The third-order valence-electron chi connectivity index (χ3n) is 5.84. The quantitative estimate of drug-likeness (QED) is 0.669. The van der Waals surface area contributed by atoms with Crippen LogP contribution in [0.1, 0.15) is 54.4 Å². The maximum atomic E-state index is 13.4. The SMILES string of the molecule is O=C1CCCN1c1cccc(C(=O)N2CCCC[C@H]2c2nc3ccccc3o2)c1. The van der Waals surface area contributed by atoms with Crippen LogP contribution in [0.25, 0.3) is 11.1 Å². The highest BCUT2D eigenvalue weighted by Gasteiger charge is 2.32. The summed E-state index contributed by atoms with van der Waals surface area (Å²) in [6.45, 7) is 1.39. The number of aromatic nitrogens is 1. The molecule has 2 amide bonds. The van der Waals surface area contributed by atoms with Gasteiger partial charge in [-0.15, -0.1) is 0 Å². The van der Waals surface area contributed by atoms with Crippen LogP contribution in [0.15, 0.2) is 52.9 Å². The number of carbonyl (C=O) groups is 2. The van der Waals surface area contributed by atoms with E-state index in [0.29, 0.717) is 31.0 Å². The second-order valence-electron chi connectivity index (χ2n) is 7.73. The third-order valence-corrected chi connectivity index (χ3v) is 5.84. The van der Waals surface area contributed by atoms with Crippen molar-refractivity contribution in [2.24, 2.45) is 0 Å². The van der Waals surface area contributed by atoms with Gasteiger partial charge in [0, 0.05) is 30.8 Å². The number of fused-ring (bicyclic) bond motifs is 1. The summed E-state index contributed by atoms with van der Waals surface area (Å²) in [7, 11) is 0. The second kappa shape index (κ2) is 7.35. The number of likely N-dealkylation sites (tertiary alicyclic amines) is 1. The zero-order valence-electron chi connectivity index (χ0n) is 16.2. The molecule has 1 atom stereocenters. The number of hydrogen-bond acceptors (Lipinski definition) is 4. The Morgan fingerprint density at radius 1 is 1.03 bits per heavy atom. The molecule has 6 nitrogen and oxygen atoms in total. The molecule has 3 heterocycles. The molecular weight excluding hydrogens is 366 g/mol. The minimum atomic E-state index is -0.166. The second-order valence-corrected chi connectivity index (χ2v) is 7.73. The molecule has 148 valence electrons. The summed E-state index contributed by atoms with van der Waals surface area (Å²) in [5.41, 5.74) is 2.96. The van der Waals surface area contributed by atoms with E-state index in [1.54, 1.807) is 4.90 Å². The third kappa shape index (κ3) is 3.28. The van der Waals surface area contributed by atoms with E-state index in [4.69, 9.17) is 4.42 Å². The van der Waals surface area contributed by atoms with E-state index >= 15 is 0 Å². The number of oxazole rings is 1. The van der Waals surface area contributed by atoms with Crippen LogP contribution >= 0.6 is 0 Å². The molecule has 0 N–H and O–H groups in total. The predicted octanol–water partition coefficient (Wildman–Crippen LogP) is 4.32. The Labute approximate surface area is 169 Å². The summed E-state index contributed by atoms with van der Waals surface area (Å²) >= 11 is 0. The van der Waals surface area contributed by atoms with Crippen molar-refractivity contribution in [3.63, 3.8) is 0 Å². The standard InChI is InChI=1S/C23H23N3O3/c27-21-12-6-14-25(21)17-8-5-7-16(15-17)23(28)26-13-4-3-10-19(26)22-24-18-9-1-2-11-20(18)29-22/h1-2,5,7-9,11,15,19H,3-4,6,10,12-14H2/t19-/m0/s1. The topological polar surface area (TPSA) is 66.7 Å². The molecule has 0 aliphatic carbocycles. The Hall–Kier alpha value is -3.15. The number of rotatable bonds is 3. The Kier molecular flexibility index (Phi) is 4.54. The van der Waals surface area contributed by atoms with Crippen LogP contribution in [-0.2, 0) is 4.79 Å². The lowest BCUT2D eigenvalue weighted by Gasteiger charge is -2.34. The minimum absolute atomic E-state index is 0.0366. The van der Waals surface area contributed by atoms with E-state index in [1.165, 1.54) is 0 Å². The zero-order chi connectivity index (χ0) is 19.8. The summed E-state index contributed by atoms with van der Waals surface area (Å²) < 4.78 is 5.98. The van der Waals surface area contributed by atoms with Crippen molar-refractivity contribution in [2.75, 3.05) is 18.0 Å². The average molecular weight is 389 g/mol. The van der Waals surface area contributed by atoms with E-state index in [1.807, 2.05) is 53.4 Å². The minimum Gasteiger partial charge on any atom is -0.438 e. The number of para-hydroxylation sites is 2. The normalized spacial score (nSPS) is 19.9. The molecule has 0 radical (unpaired) electrons. The van der Waals surface area contributed by atoms with Gasteiger partial charge in [0.2, 0.25) is 11.8 Å². The maximum absolute atomic E-state index is 13.4. The van der Waals surface area contributed by atoms with Crippen molar-refractivity contribution in [1.82, 2.24) is 9.88 Å². The van der Waals surface area contributed by atoms with E-state index in [2.05, 4.69) is 4.98 Å². The first kappa shape index (κ1) is 17.9. The maximum Gasteiger partial charge on any atom is 0.254 e. The molecule has 1 aromatic heterocycles. The highest BCUT2D eigenvalue weighted by Crippen LogP contribution is 2.34. The monoisotopic (exact) mass is 389 g/mol. The van der Waals surface area contributed by atoms with Gasteiger partial charge in [-0.3, -0.25) is 9.59 Å². The first-order valence-corrected chi connectivity index (χ1v) is 10.3. The molecule has 0 bridgehead atoms. The molecule has 0 spiro atoms. The Bertz CT molecular complexity index is 1040. The van der Waals surface area contributed by atoms with Gasteiger partial charge in [0.15, 0.2) is 5.58 Å². The van der Waals surface area contributed by atoms with Crippen LogP contribution in [0, 0.1) is 0 Å². The van der Waals surface area contributed by atoms with Crippen molar-refractivity contribution >= 4 is 28.6 Å². The summed E-state index contributed by atoms with van der Waals surface area (Å²) in [5.74, 6) is 0.688. The number of hydrogen-bond donors (Lipinski definition) is 0. The number of nitrogens with zero attached hydrogens (tertiary/aromatic N) is 3. The molecule has 2 saturated heterocycles. The lowest BCUT2D eigenvalue weighted by atomic mass is 10.0. The van der Waals surface area contributed by atoms with Crippen LogP contribution in [0.5, 0.6) is 0 Å². The van der Waals surface area contributed by atoms with Crippen LogP contribution in [0.2, 0.25) is 0 Å². The molecule has 2 aliphatic rings. The lowest BCUT2D eigenvalue weighted by molar-refractivity contribution is -0.117. The summed E-state index contributed by atoms with van der Waals surface area (Å²) in [6, 6.07) is 14.9. The largest absolute Gasteiger partial charge is 0.438 e. The van der Waals surface area contributed by atoms with Crippen LogP contribution in [0.4, 0.5) is 5.69 Å². The molecular formula is C23H23N3O3. The average Bonchev–Trinajstić information content (AvgIpc) is 3.39. The Morgan fingerprint density at radius 2 is 1.93 bits per heavy atom. The van der Waals surface area contributed by atoms with Gasteiger partial charge in [-0.1, -0.05) is 18.2 Å². The van der Waals surface area contributed by atoms with E-state index in [9.17, 15) is 9.59 Å². The van der Waals surface area contributed by atoms with Gasteiger partial charge in [0.25, 0.3) is 5.91 Å². The highest BCUT2D eigenvalue weighted by atomic mass is 16.3. The van der Waals surface area contributed by atoms with Gasteiger partial charge in [0.05, 0.1) is 0 Å². The van der Waals surface area contributed by atoms with Crippen molar-refractivity contribution < 1.29 is 14.0 Å². The fourth-order valence-corrected chi connectivity index (χ4v) is 4.36. The first-order valence-electron chi connectivity index (χ1n) is 10.3. The van der Waals surface area contributed by atoms with Gasteiger partial charge in [0.1, 0.15) is 11.6 Å². The van der Waals surface area contributed by atoms with Crippen molar-refractivity contribution in [1.29, 1.82) is 0 Å². The van der Waals surface area contributed by atoms with Crippen LogP contribution < -0.4 is 4.90 Å². The summed E-state index contributed by atoms with van der Waals surface area (Å²) in [4.78, 5) is 33.8. The van der Waals surface area contributed by atoms with Crippen molar-refractivity contribution in [3.05, 3.63) is 60.0 Å². The molecule has 2 aliphatic heterocycles. The van der Waals surface area contributed by atoms with Crippen molar-refractivity contribution in [2.45, 2.75) is 38.1 Å². The van der Waals surface area contributed by atoms with Crippen LogP contribution in [-0.4, -0.2) is 34.8 Å². The lowest BCUT2D eigenvalue weighted by Crippen LogP contribution is -2.38. The molecule has 2 fully saturated rings. The highest BCUT2D eigenvalue weighted by molar-refractivity contribution is 5.99. The number of anilines is 1. The molecule has 0 unspecified atom stereocenters. The van der Waals surface area contributed by atoms with Gasteiger partial charge < -0.3 is 14.2 Å². The number of carbonyl (C=O) groups excluding carboxylic acids is 2. The number of benzene rings is 2. The molecule has 2 aromatic carbocycles. The van der Waals surface area contributed by atoms with Gasteiger partial charge in [-0.25, -0.2) is 4.98 Å². The van der Waals surface area contributed by atoms with E-state index in [0.717, 1.165) is 42.5 Å². The summed E-state index contributed by atoms with van der Waals surface area (Å²) in [5, 5.41) is 0. The number of piperidine rings is 1.